The molecule has 0 aromatic rings. The number of nitrogens with zero attached hydrogens (tertiary/aromatic N) is 2. The topological polar surface area (TPSA) is 18.5 Å². The van der Waals surface area contributed by atoms with Crippen LogP contribution in [0.25, 0.3) is 0 Å². The standard InChI is InChI=1S/C16H35N3/c1-13(2)12-19(10-9-18(5)6)16-11-14(3)7-8-15(16)17-4/h13-17H,7-12H2,1-6H3. The molecule has 1 saturated carbocycles. The summed E-state index contributed by atoms with van der Waals surface area (Å²) in [4.78, 5) is 5.04. The van der Waals surface area contributed by atoms with Gasteiger partial charge in [0, 0.05) is 31.7 Å². The first-order valence-corrected chi connectivity index (χ1v) is 8.00. The maximum Gasteiger partial charge on any atom is 0.0252 e. The van der Waals surface area contributed by atoms with E-state index in [0.29, 0.717) is 6.04 Å². The van der Waals surface area contributed by atoms with Gasteiger partial charge in [-0.25, -0.2) is 0 Å². The summed E-state index contributed by atoms with van der Waals surface area (Å²) in [6, 6.07) is 1.40. The van der Waals surface area contributed by atoms with Gasteiger partial charge in [-0.1, -0.05) is 20.8 Å². The van der Waals surface area contributed by atoms with Crippen LogP contribution in [0.5, 0.6) is 0 Å². The lowest BCUT2D eigenvalue weighted by Crippen LogP contribution is -2.54. The van der Waals surface area contributed by atoms with Crippen molar-refractivity contribution < 1.29 is 0 Å². The van der Waals surface area contributed by atoms with Gasteiger partial charge in [0.25, 0.3) is 0 Å². The average molecular weight is 269 g/mol. The van der Waals surface area contributed by atoms with Crippen molar-refractivity contribution in [1.29, 1.82) is 0 Å². The number of likely N-dealkylation sites (N-methyl/N-ethyl adjacent to an activating group) is 2. The molecule has 3 heteroatoms. The predicted octanol–water partition coefficient (Wildman–Crippen LogP) is 2.28. The lowest BCUT2D eigenvalue weighted by molar-refractivity contribution is 0.0864. The van der Waals surface area contributed by atoms with Gasteiger partial charge in [-0.2, -0.15) is 0 Å². The van der Waals surface area contributed by atoms with E-state index in [9.17, 15) is 0 Å². The molecule has 0 radical (unpaired) electrons. The van der Waals surface area contributed by atoms with Crippen LogP contribution in [0.4, 0.5) is 0 Å². The van der Waals surface area contributed by atoms with Gasteiger partial charge in [0.1, 0.15) is 0 Å². The van der Waals surface area contributed by atoms with E-state index in [1.165, 1.54) is 32.4 Å². The highest BCUT2D eigenvalue weighted by Gasteiger charge is 2.32. The summed E-state index contributed by atoms with van der Waals surface area (Å²) in [7, 11) is 6.48. The Morgan fingerprint density at radius 2 is 1.84 bits per heavy atom. The second-order valence-electron chi connectivity index (χ2n) is 7.07. The molecule has 0 aliphatic heterocycles. The Kier molecular flexibility index (Phi) is 7.33. The Labute approximate surface area is 120 Å². The van der Waals surface area contributed by atoms with Crippen molar-refractivity contribution in [3.63, 3.8) is 0 Å². The minimum Gasteiger partial charge on any atom is -0.315 e. The lowest BCUT2D eigenvalue weighted by Gasteiger charge is -2.43. The van der Waals surface area contributed by atoms with E-state index in [1.807, 2.05) is 0 Å². The van der Waals surface area contributed by atoms with Crippen LogP contribution in [0.3, 0.4) is 0 Å². The van der Waals surface area contributed by atoms with Crippen molar-refractivity contribution >= 4 is 0 Å². The average Bonchev–Trinajstić information content (AvgIpc) is 2.33. The highest BCUT2D eigenvalue weighted by molar-refractivity contribution is 4.90. The molecule has 0 aromatic carbocycles. The molecule has 0 bridgehead atoms. The van der Waals surface area contributed by atoms with Gasteiger partial charge in [-0.3, -0.25) is 4.90 Å². The van der Waals surface area contributed by atoms with Crippen LogP contribution < -0.4 is 5.32 Å². The van der Waals surface area contributed by atoms with E-state index < -0.39 is 0 Å². The molecule has 0 spiro atoms. The maximum absolute atomic E-state index is 3.56. The number of hydrogen-bond donors (Lipinski definition) is 1. The van der Waals surface area contributed by atoms with Crippen LogP contribution in [0, 0.1) is 11.8 Å². The quantitative estimate of drug-likeness (QED) is 0.765. The zero-order chi connectivity index (χ0) is 14.4. The summed E-state index contributed by atoms with van der Waals surface area (Å²) in [5, 5.41) is 3.56. The van der Waals surface area contributed by atoms with Crippen molar-refractivity contribution in [3.8, 4) is 0 Å². The second-order valence-corrected chi connectivity index (χ2v) is 7.07. The molecule has 0 amide bonds. The summed E-state index contributed by atoms with van der Waals surface area (Å²) in [6.45, 7) is 10.7. The van der Waals surface area contributed by atoms with E-state index in [2.05, 4.69) is 57.0 Å². The summed E-state index contributed by atoms with van der Waals surface area (Å²) in [6.07, 6.45) is 4.07. The van der Waals surface area contributed by atoms with Crippen molar-refractivity contribution in [3.05, 3.63) is 0 Å². The van der Waals surface area contributed by atoms with Gasteiger partial charge in [0.15, 0.2) is 0 Å². The third-order valence-electron chi connectivity index (χ3n) is 4.35. The molecule has 3 nitrogen and oxygen atoms in total. The molecule has 1 rings (SSSR count). The first-order valence-electron chi connectivity index (χ1n) is 8.00. The second kappa shape index (κ2) is 8.23. The fraction of sp³-hybridized carbons (Fsp3) is 1.00. The van der Waals surface area contributed by atoms with Crippen LogP contribution in [-0.2, 0) is 0 Å². The first kappa shape index (κ1) is 16.9. The third kappa shape index (κ3) is 5.80. The Bertz CT molecular complexity index is 240. The molecule has 1 N–H and O–H groups in total. The van der Waals surface area contributed by atoms with Crippen LogP contribution in [0.2, 0.25) is 0 Å². The number of hydrogen-bond acceptors (Lipinski definition) is 3. The first-order chi connectivity index (χ1) is 8.93. The van der Waals surface area contributed by atoms with Crippen molar-refractivity contribution in [2.24, 2.45) is 11.8 Å². The predicted molar refractivity (Wildman–Crippen MR) is 84.6 cm³/mol. The molecule has 19 heavy (non-hydrogen) atoms. The Balaban J connectivity index is 2.68. The minimum atomic E-state index is 0.678. The molecule has 0 saturated heterocycles. The maximum atomic E-state index is 3.56. The van der Waals surface area contributed by atoms with Gasteiger partial charge in [-0.15, -0.1) is 0 Å². The molecule has 3 unspecified atom stereocenters. The van der Waals surface area contributed by atoms with E-state index in [0.717, 1.165) is 24.4 Å². The van der Waals surface area contributed by atoms with Gasteiger partial charge >= 0.3 is 0 Å². The van der Waals surface area contributed by atoms with Gasteiger partial charge in [-0.05, 0) is 52.2 Å². The normalized spacial score (nSPS) is 28.6. The van der Waals surface area contributed by atoms with Gasteiger partial charge in [0.2, 0.25) is 0 Å². The van der Waals surface area contributed by atoms with Crippen LogP contribution in [0.1, 0.15) is 40.0 Å². The zero-order valence-corrected chi connectivity index (χ0v) is 13.9. The molecule has 1 aliphatic carbocycles. The van der Waals surface area contributed by atoms with E-state index in [-0.39, 0.29) is 0 Å². The molecular weight excluding hydrogens is 234 g/mol. The molecule has 0 aromatic heterocycles. The van der Waals surface area contributed by atoms with E-state index >= 15 is 0 Å². The molecular formula is C16H35N3. The monoisotopic (exact) mass is 269 g/mol. The largest absolute Gasteiger partial charge is 0.315 e. The molecule has 1 fully saturated rings. The van der Waals surface area contributed by atoms with Crippen LogP contribution in [0.15, 0.2) is 0 Å². The Morgan fingerprint density at radius 1 is 1.16 bits per heavy atom. The van der Waals surface area contributed by atoms with Crippen LogP contribution >= 0.6 is 0 Å². The molecule has 1 aliphatic rings. The third-order valence-corrected chi connectivity index (χ3v) is 4.35. The van der Waals surface area contributed by atoms with Crippen molar-refractivity contribution in [1.82, 2.24) is 15.1 Å². The summed E-state index contributed by atoms with van der Waals surface area (Å²) >= 11 is 0. The highest BCUT2D eigenvalue weighted by Crippen LogP contribution is 2.28. The minimum absolute atomic E-state index is 0.678. The Morgan fingerprint density at radius 3 is 2.37 bits per heavy atom. The van der Waals surface area contributed by atoms with E-state index in [1.54, 1.807) is 0 Å². The summed E-state index contributed by atoms with van der Waals surface area (Å²) in [5.74, 6) is 1.63. The SMILES string of the molecule is CNC1CCC(C)CC1N(CCN(C)C)CC(C)C. The smallest absolute Gasteiger partial charge is 0.0252 e. The van der Waals surface area contributed by atoms with Gasteiger partial charge in [0.05, 0.1) is 0 Å². The molecule has 0 heterocycles. The Hall–Kier alpha value is -0.120. The number of rotatable bonds is 7. The number of nitrogens with one attached hydrogen (secondary N) is 1. The van der Waals surface area contributed by atoms with E-state index in [4.69, 9.17) is 0 Å². The fourth-order valence-electron chi connectivity index (χ4n) is 3.28. The lowest BCUT2D eigenvalue weighted by atomic mass is 9.82. The summed E-state index contributed by atoms with van der Waals surface area (Å²) < 4.78 is 0. The highest BCUT2D eigenvalue weighted by atomic mass is 15.2. The van der Waals surface area contributed by atoms with Crippen molar-refractivity contribution in [2.75, 3.05) is 40.8 Å². The van der Waals surface area contributed by atoms with Crippen LogP contribution in [-0.4, -0.2) is 62.7 Å². The van der Waals surface area contributed by atoms with Crippen molar-refractivity contribution in [2.45, 2.75) is 52.1 Å². The zero-order valence-electron chi connectivity index (χ0n) is 13.9. The fourth-order valence-corrected chi connectivity index (χ4v) is 3.28. The summed E-state index contributed by atoms with van der Waals surface area (Å²) in [5.41, 5.74) is 0. The molecule has 114 valence electrons. The molecule has 3 atom stereocenters. The van der Waals surface area contributed by atoms with Gasteiger partial charge < -0.3 is 10.2 Å².